The van der Waals surface area contributed by atoms with Crippen molar-refractivity contribution in [2.75, 3.05) is 25.6 Å². The third-order valence-electron chi connectivity index (χ3n) is 2.97. The summed E-state index contributed by atoms with van der Waals surface area (Å²) >= 11 is 6.07. The lowest BCUT2D eigenvalue weighted by molar-refractivity contribution is 0.0936. The van der Waals surface area contributed by atoms with E-state index in [2.05, 4.69) is 15.6 Å². The molecule has 2 aromatic rings. The first-order valence-corrected chi connectivity index (χ1v) is 7.28. The van der Waals surface area contributed by atoms with Gasteiger partial charge < -0.3 is 15.4 Å². The lowest BCUT2D eigenvalue weighted by Crippen LogP contribution is -2.27. The number of pyridine rings is 1. The Balaban J connectivity index is 2.11. The number of hydrogen-bond donors (Lipinski definition) is 2. The van der Waals surface area contributed by atoms with Crippen molar-refractivity contribution >= 4 is 29.1 Å². The minimum Gasteiger partial charge on any atom is -0.383 e. The number of amides is 2. The summed E-state index contributed by atoms with van der Waals surface area (Å²) in [6.07, 6.45) is 1.52. The average molecular weight is 334 g/mol. The number of halogens is 1. The first-order valence-electron chi connectivity index (χ1n) is 6.91. The van der Waals surface area contributed by atoms with Crippen LogP contribution in [0.3, 0.4) is 0 Å². The standard InChI is InChI=1S/C16H16ClN3O3/c1-23-9-8-19-15(21)11-5-6-12(17)14(10-11)20-16(22)13-4-2-3-7-18-13/h2-7,10H,8-9H2,1H3,(H,19,21)(H,20,22). The molecule has 0 bridgehead atoms. The molecule has 0 saturated heterocycles. The molecular formula is C16H16ClN3O3. The Morgan fingerprint density at radius 2 is 2.04 bits per heavy atom. The number of hydrogen-bond acceptors (Lipinski definition) is 4. The molecule has 0 spiro atoms. The molecule has 0 atom stereocenters. The van der Waals surface area contributed by atoms with E-state index in [1.54, 1.807) is 37.4 Å². The Morgan fingerprint density at radius 3 is 2.74 bits per heavy atom. The fourth-order valence-electron chi connectivity index (χ4n) is 1.81. The largest absolute Gasteiger partial charge is 0.383 e. The van der Waals surface area contributed by atoms with Crippen LogP contribution in [0.5, 0.6) is 0 Å². The summed E-state index contributed by atoms with van der Waals surface area (Å²) < 4.78 is 4.87. The zero-order valence-electron chi connectivity index (χ0n) is 12.5. The first-order chi connectivity index (χ1) is 11.1. The van der Waals surface area contributed by atoms with Crippen molar-refractivity contribution in [3.8, 4) is 0 Å². The van der Waals surface area contributed by atoms with Gasteiger partial charge in [-0.25, -0.2) is 0 Å². The molecular weight excluding hydrogens is 318 g/mol. The average Bonchev–Trinajstić information content (AvgIpc) is 2.57. The Morgan fingerprint density at radius 1 is 1.22 bits per heavy atom. The number of carbonyl (C=O) groups is 2. The maximum Gasteiger partial charge on any atom is 0.274 e. The van der Waals surface area contributed by atoms with Gasteiger partial charge in [0.2, 0.25) is 0 Å². The van der Waals surface area contributed by atoms with Gasteiger partial charge in [0.1, 0.15) is 5.69 Å². The van der Waals surface area contributed by atoms with Gasteiger partial charge in [0.05, 0.1) is 17.3 Å². The highest BCUT2D eigenvalue weighted by molar-refractivity contribution is 6.34. The molecule has 7 heteroatoms. The number of nitrogens with zero attached hydrogens (tertiary/aromatic N) is 1. The molecule has 6 nitrogen and oxygen atoms in total. The van der Waals surface area contributed by atoms with E-state index in [1.807, 2.05) is 0 Å². The van der Waals surface area contributed by atoms with E-state index >= 15 is 0 Å². The van der Waals surface area contributed by atoms with Crippen molar-refractivity contribution < 1.29 is 14.3 Å². The van der Waals surface area contributed by atoms with Gasteiger partial charge in [-0.2, -0.15) is 0 Å². The minimum absolute atomic E-state index is 0.263. The first kappa shape index (κ1) is 16.9. The van der Waals surface area contributed by atoms with Gasteiger partial charge in [-0.1, -0.05) is 17.7 Å². The lowest BCUT2D eigenvalue weighted by atomic mass is 10.2. The van der Waals surface area contributed by atoms with E-state index in [1.165, 1.54) is 12.3 Å². The van der Waals surface area contributed by atoms with Crippen molar-refractivity contribution in [3.05, 3.63) is 58.9 Å². The molecule has 1 aromatic carbocycles. The number of aromatic nitrogens is 1. The Bertz CT molecular complexity index is 692. The number of carbonyl (C=O) groups excluding carboxylic acids is 2. The van der Waals surface area contributed by atoms with Crippen LogP contribution in [0, 0.1) is 0 Å². The van der Waals surface area contributed by atoms with Gasteiger partial charge in [0, 0.05) is 25.4 Å². The minimum atomic E-state index is -0.399. The summed E-state index contributed by atoms with van der Waals surface area (Å²) in [7, 11) is 1.56. The van der Waals surface area contributed by atoms with Crippen LogP contribution in [0.15, 0.2) is 42.6 Å². The number of benzene rings is 1. The number of ether oxygens (including phenoxy) is 1. The number of rotatable bonds is 6. The van der Waals surface area contributed by atoms with Gasteiger partial charge in [-0.3, -0.25) is 14.6 Å². The second-order valence-corrected chi connectivity index (χ2v) is 5.02. The molecule has 2 amide bonds. The van der Waals surface area contributed by atoms with Crippen LogP contribution in [-0.4, -0.2) is 37.1 Å². The Labute approximate surface area is 138 Å². The summed E-state index contributed by atoms with van der Waals surface area (Å²) in [6.45, 7) is 0.816. The van der Waals surface area contributed by atoms with E-state index in [9.17, 15) is 9.59 Å². The maximum absolute atomic E-state index is 12.1. The fourth-order valence-corrected chi connectivity index (χ4v) is 1.98. The second kappa shape index (κ2) is 8.26. The highest BCUT2D eigenvalue weighted by Gasteiger charge is 2.12. The van der Waals surface area contributed by atoms with Gasteiger partial charge in [-0.15, -0.1) is 0 Å². The van der Waals surface area contributed by atoms with Crippen molar-refractivity contribution in [2.45, 2.75) is 0 Å². The lowest BCUT2D eigenvalue weighted by Gasteiger charge is -2.10. The van der Waals surface area contributed by atoms with Crippen molar-refractivity contribution in [2.24, 2.45) is 0 Å². The summed E-state index contributed by atoms with van der Waals surface area (Å²) in [6, 6.07) is 9.68. The fraction of sp³-hybridized carbons (Fsp3) is 0.188. The van der Waals surface area contributed by atoms with Gasteiger partial charge >= 0.3 is 0 Å². The molecule has 0 aliphatic carbocycles. The summed E-state index contributed by atoms with van der Waals surface area (Å²) in [5.41, 5.74) is 1.00. The number of nitrogens with one attached hydrogen (secondary N) is 2. The smallest absolute Gasteiger partial charge is 0.274 e. The molecule has 120 valence electrons. The molecule has 0 unspecified atom stereocenters. The normalized spacial score (nSPS) is 10.2. The molecule has 1 aromatic heterocycles. The van der Waals surface area contributed by atoms with E-state index < -0.39 is 5.91 Å². The quantitative estimate of drug-likeness (QED) is 0.795. The van der Waals surface area contributed by atoms with Crippen LogP contribution in [0.2, 0.25) is 5.02 Å². The van der Waals surface area contributed by atoms with E-state index in [0.29, 0.717) is 29.4 Å². The Kier molecular flexibility index (Phi) is 6.08. The zero-order valence-corrected chi connectivity index (χ0v) is 13.3. The van der Waals surface area contributed by atoms with Gasteiger partial charge in [0.25, 0.3) is 11.8 Å². The van der Waals surface area contributed by atoms with Crippen molar-refractivity contribution in [3.63, 3.8) is 0 Å². The van der Waals surface area contributed by atoms with E-state index in [0.717, 1.165) is 0 Å². The van der Waals surface area contributed by atoms with Crippen LogP contribution < -0.4 is 10.6 Å². The van der Waals surface area contributed by atoms with Gasteiger partial charge in [0.15, 0.2) is 0 Å². The van der Waals surface area contributed by atoms with Crippen LogP contribution in [-0.2, 0) is 4.74 Å². The number of methoxy groups -OCH3 is 1. The van der Waals surface area contributed by atoms with Crippen LogP contribution in [0.4, 0.5) is 5.69 Å². The SMILES string of the molecule is COCCNC(=O)c1ccc(Cl)c(NC(=O)c2ccccn2)c1. The highest BCUT2D eigenvalue weighted by Crippen LogP contribution is 2.23. The molecule has 2 N–H and O–H groups in total. The monoisotopic (exact) mass is 333 g/mol. The molecule has 2 rings (SSSR count). The molecule has 0 radical (unpaired) electrons. The molecule has 0 aliphatic heterocycles. The predicted octanol–water partition coefficient (Wildman–Crippen LogP) is 2.36. The van der Waals surface area contributed by atoms with Crippen molar-refractivity contribution in [1.82, 2.24) is 10.3 Å². The van der Waals surface area contributed by atoms with Crippen molar-refractivity contribution in [1.29, 1.82) is 0 Å². The zero-order chi connectivity index (χ0) is 16.7. The molecule has 0 aliphatic rings. The van der Waals surface area contributed by atoms with Crippen LogP contribution in [0.25, 0.3) is 0 Å². The van der Waals surface area contributed by atoms with Crippen LogP contribution in [0.1, 0.15) is 20.8 Å². The highest BCUT2D eigenvalue weighted by atomic mass is 35.5. The van der Waals surface area contributed by atoms with Crippen LogP contribution >= 0.6 is 11.6 Å². The second-order valence-electron chi connectivity index (χ2n) is 4.61. The van der Waals surface area contributed by atoms with E-state index in [-0.39, 0.29) is 11.6 Å². The molecule has 0 saturated carbocycles. The maximum atomic E-state index is 12.1. The van der Waals surface area contributed by atoms with E-state index in [4.69, 9.17) is 16.3 Å². The predicted molar refractivity (Wildman–Crippen MR) is 87.9 cm³/mol. The summed E-state index contributed by atoms with van der Waals surface area (Å²) in [5, 5.41) is 5.69. The summed E-state index contributed by atoms with van der Waals surface area (Å²) in [4.78, 5) is 28.1. The third-order valence-corrected chi connectivity index (χ3v) is 3.30. The van der Waals surface area contributed by atoms with Gasteiger partial charge in [-0.05, 0) is 30.3 Å². The molecule has 0 fully saturated rings. The molecule has 23 heavy (non-hydrogen) atoms. The Hall–Kier alpha value is -2.44. The summed E-state index contributed by atoms with van der Waals surface area (Å²) in [5.74, 6) is -0.670. The third kappa shape index (κ3) is 4.77. The topological polar surface area (TPSA) is 80.3 Å². The molecule has 1 heterocycles. The number of anilines is 1.